The summed E-state index contributed by atoms with van der Waals surface area (Å²) in [5, 5.41) is 9.22. The molecule has 0 atom stereocenters. The average molecular weight is 402 g/mol. The van der Waals surface area contributed by atoms with Gasteiger partial charge in [-0.05, 0) is 49.2 Å². The Bertz CT molecular complexity index is 884. The second-order valence-electron chi connectivity index (χ2n) is 5.49. The fourth-order valence-corrected chi connectivity index (χ4v) is 4.19. The number of aryl methyl sites for hydroxylation is 1. The largest absolute Gasteiger partial charge is 0.481 e. The first-order valence-electron chi connectivity index (χ1n) is 7.48. The Balaban J connectivity index is 2.45. The third-order valence-electron chi connectivity index (χ3n) is 3.52. The van der Waals surface area contributed by atoms with Gasteiger partial charge in [0.2, 0.25) is 0 Å². The molecule has 25 heavy (non-hydrogen) atoms. The Morgan fingerprint density at radius 2 is 1.84 bits per heavy atom. The van der Waals surface area contributed by atoms with Gasteiger partial charge in [0.25, 0.3) is 10.0 Å². The minimum Gasteiger partial charge on any atom is -0.481 e. The molecular weight excluding hydrogens is 385 g/mol. The Morgan fingerprint density at radius 1 is 1.12 bits per heavy atom. The summed E-state index contributed by atoms with van der Waals surface area (Å²) in [4.78, 5) is 10.8. The molecule has 0 bridgehead atoms. The summed E-state index contributed by atoms with van der Waals surface area (Å²) in [7, 11) is -3.91. The summed E-state index contributed by atoms with van der Waals surface area (Å²) in [6.07, 6.45) is 0.0586. The van der Waals surface area contributed by atoms with Crippen molar-refractivity contribution in [2.24, 2.45) is 0 Å². The molecule has 0 unspecified atom stereocenters. The van der Waals surface area contributed by atoms with Crippen LogP contribution >= 0.6 is 23.2 Å². The van der Waals surface area contributed by atoms with Gasteiger partial charge in [-0.3, -0.25) is 9.10 Å². The van der Waals surface area contributed by atoms with E-state index in [2.05, 4.69) is 0 Å². The molecule has 0 amide bonds. The molecule has 0 aliphatic rings. The quantitative estimate of drug-likeness (QED) is 0.747. The maximum absolute atomic E-state index is 13.1. The lowest BCUT2D eigenvalue weighted by Gasteiger charge is -2.25. The third-order valence-corrected chi connectivity index (χ3v) is 6.08. The number of hydrogen-bond acceptors (Lipinski definition) is 3. The zero-order valence-electron chi connectivity index (χ0n) is 13.4. The molecule has 0 fully saturated rings. The normalized spacial score (nSPS) is 11.3. The molecule has 0 saturated heterocycles. The second-order valence-corrected chi connectivity index (χ2v) is 8.17. The number of carboxylic acids is 1. The van der Waals surface area contributed by atoms with Gasteiger partial charge < -0.3 is 5.11 Å². The number of rotatable bonds is 7. The Labute approximate surface area is 156 Å². The van der Waals surface area contributed by atoms with Gasteiger partial charge in [-0.1, -0.05) is 35.3 Å². The summed E-state index contributed by atoms with van der Waals surface area (Å²) < 4.78 is 27.3. The van der Waals surface area contributed by atoms with Crippen molar-refractivity contribution in [3.05, 3.63) is 58.1 Å². The topological polar surface area (TPSA) is 74.7 Å². The van der Waals surface area contributed by atoms with E-state index in [9.17, 15) is 13.2 Å². The predicted molar refractivity (Wildman–Crippen MR) is 99.0 cm³/mol. The number of sulfonamides is 1. The molecule has 0 aromatic heterocycles. The van der Waals surface area contributed by atoms with E-state index in [-0.39, 0.29) is 34.3 Å². The lowest BCUT2D eigenvalue weighted by atomic mass is 10.2. The van der Waals surface area contributed by atoms with E-state index >= 15 is 0 Å². The predicted octanol–water partition coefficient (Wildman–Crippen LogP) is 4.36. The van der Waals surface area contributed by atoms with Crippen molar-refractivity contribution in [2.75, 3.05) is 10.8 Å². The minimum absolute atomic E-state index is 0.00117. The van der Waals surface area contributed by atoms with Gasteiger partial charge in [0.1, 0.15) is 0 Å². The first kappa shape index (κ1) is 19.6. The molecule has 8 heteroatoms. The zero-order chi connectivity index (χ0) is 18.6. The van der Waals surface area contributed by atoms with Gasteiger partial charge >= 0.3 is 5.97 Å². The van der Waals surface area contributed by atoms with Gasteiger partial charge in [-0.2, -0.15) is 0 Å². The van der Waals surface area contributed by atoms with Crippen molar-refractivity contribution in [1.29, 1.82) is 0 Å². The summed E-state index contributed by atoms with van der Waals surface area (Å²) in [6, 6.07) is 11.1. The average Bonchev–Trinajstić information content (AvgIpc) is 2.53. The van der Waals surface area contributed by atoms with E-state index in [0.29, 0.717) is 5.69 Å². The molecule has 1 N–H and O–H groups in total. The van der Waals surface area contributed by atoms with Gasteiger partial charge in [-0.25, -0.2) is 8.42 Å². The molecule has 2 aromatic carbocycles. The number of halogens is 2. The fourth-order valence-electron chi connectivity index (χ4n) is 2.31. The third kappa shape index (κ3) is 4.87. The summed E-state index contributed by atoms with van der Waals surface area (Å²) in [6.45, 7) is 1.89. The molecule has 2 aromatic rings. The van der Waals surface area contributed by atoms with Crippen molar-refractivity contribution in [1.82, 2.24) is 0 Å². The summed E-state index contributed by atoms with van der Waals surface area (Å²) in [5.74, 6) is -0.976. The molecule has 0 aliphatic heterocycles. The highest BCUT2D eigenvalue weighted by atomic mass is 35.5. The Hall–Kier alpha value is -1.76. The van der Waals surface area contributed by atoms with Crippen LogP contribution in [0.25, 0.3) is 0 Å². The first-order valence-corrected chi connectivity index (χ1v) is 9.67. The molecule has 134 valence electrons. The van der Waals surface area contributed by atoms with Crippen molar-refractivity contribution in [3.8, 4) is 0 Å². The molecule has 0 heterocycles. The lowest BCUT2D eigenvalue weighted by Crippen LogP contribution is -2.32. The maximum Gasteiger partial charge on any atom is 0.303 e. The van der Waals surface area contributed by atoms with E-state index in [4.69, 9.17) is 28.3 Å². The van der Waals surface area contributed by atoms with Crippen LogP contribution < -0.4 is 4.31 Å². The Morgan fingerprint density at radius 3 is 2.44 bits per heavy atom. The number of nitrogens with zero attached hydrogens (tertiary/aromatic N) is 1. The molecule has 2 rings (SSSR count). The van der Waals surface area contributed by atoms with Crippen LogP contribution in [0.1, 0.15) is 18.4 Å². The highest BCUT2D eigenvalue weighted by molar-refractivity contribution is 7.92. The molecule has 5 nitrogen and oxygen atoms in total. The molecule has 0 spiro atoms. The number of anilines is 1. The van der Waals surface area contributed by atoms with Crippen LogP contribution in [0.3, 0.4) is 0 Å². The second kappa shape index (κ2) is 8.08. The van der Waals surface area contributed by atoms with Gasteiger partial charge in [0.05, 0.1) is 20.6 Å². The van der Waals surface area contributed by atoms with E-state index in [1.807, 2.05) is 13.0 Å². The van der Waals surface area contributed by atoms with Crippen molar-refractivity contribution in [3.63, 3.8) is 0 Å². The van der Waals surface area contributed by atoms with Crippen LogP contribution in [-0.4, -0.2) is 26.0 Å². The monoisotopic (exact) mass is 401 g/mol. The smallest absolute Gasteiger partial charge is 0.303 e. The highest BCUT2D eigenvalue weighted by Crippen LogP contribution is 2.29. The number of aliphatic carboxylic acids is 1. The SMILES string of the molecule is Cc1cccc(N(CCCC(=O)O)S(=O)(=O)c2ccc(Cl)c(Cl)c2)c1. The maximum atomic E-state index is 13.1. The van der Waals surface area contributed by atoms with E-state index in [1.54, 1.807) is 18.2 Å². The fraction of sp³-hybridized carbons (Fsp3) is 0.235. The van der Waals surface area contributed by atoms with Crippen LogP contribution in [0.4, 0.5) is 5.69 Å². The summed E-state index contributed by atoms with van der Waals surface area (Å²) in [5.41, 5.74) is 1.36. The van der Waals surface area contributed by atoms with Crippen LogP contribution in [0, 0.1) is 6.92 Å². The van der Waals surface area contributed by atoms with Crippen molar-refractivity contribution >= 4 is 44.9 Å². The summed E-state index contributed by atoms with van der Waals surface area (Å²) >= 11 is 11.8. The number of benzene rings is 2. The zero-order valence-corrected chi connectivity index (χ0v) is 15.8. The van der Waals surface area contributed by atoms with E-state index in [1.165, 1.54) is 22.5 Å². The van der Waals surface area contributed by atoms with Crippen LogP contribution in [0.2, 0.25) is 10.0 Å². The molecule has 0 aliphatic carbocycles. The minimum atomic E-state index is -3.91. The van der Waals surface area contributed by atoms with Crippen molar-refractivity contribution < 1.29 is 18.3 Å². The van der Waals surface area contributed by atoms with E-state index < -0.39 is 16.0 Å². The Kier molecular flexibility index (Phi) is 6.32. The number of hydrogen-bond donors (Lipinski definition) is 1. The van der Waals surface area contributed by atoms with Crippen molar-refractivity contribution in [2.45, 2.75) is 24.7 Å². The van der Waals surface area contributed by atoms with Crippen LogP contribution in [0.15, 0.2) is 47.4 Å². The molecule has 0 saturated carbocycles. The lowest BCUT2D eigenvalue weighted by molar-refractivity contribution is -0.137. The van der Waals surface area contributed by atoms with Gasteiger partial charge in [0, 0.05) is 13.0 Å². The van der Waals surface area contributed by atoms with E-state index in [0.717, 1.165) is 5.56 Å². The number of carboxylic acid groups (broad SMARTS) is 1. The standard InChI is InChI=1S/C17H17Cl2NO4S/c1-12-4-2-5-13(10-12)20(9-3-6-17(21)22)25(23,24)14-7-8-15(18)16(19)11-14/h2,4-5,7-8,10-11H,3,6,9H2,1H3,(H,21,22). The molecular formula is C17H17Cl2NO4S. The first-order chi connectivity index (χ1) is 11.7. The number of carbonyl (C=O) groups is 1. The molecule has 0 radical (unpaired) electrons. The van der Waals surface area contributed by atoms with Crippen LogP contribution in [0.5, 0.6) is 0 Å². The van der Waals surface area contributed by atoms with Crippen LogP contribution in [-0.2, 0) is 14.8 Å². The van der Waals surface area contributed by atoms with Gasteiger partial charge in [0.15, 0.2) is 0 Å². The highest BCUT2D eigenvalue weighted by Gasteiger charge is 2.25. The van der Waals surface area contributed by atoms with Gasteiger partial charge in [-0.15, -0.1) is 0 Å².